The van der Waals surface area contributed by atoms with Crippen LogP contribution >= 0.6 is 0 Å². The zero-order chi connectivity index (χ0) is 19.2. The molecule has 0 atom stereocenters. The van der Waals surface area contributed by atoms with Gasteiger partial charge in [0, 0.05) is 35.9 Å². The summed E-state index contributed by atoms with van der Waals surface area (Å²) in [6, 6.07) is 3.35. The molecule has 2 aromatic rings. The molecule has 0 amide bonds. The fourth-order valence-electron chi connectivity index (χ4n) is 1.69. The van der Waals surface area contributed by atoms with Gasteiger partial charge in [0.25, 0.3) is 0 Å². The van der Waals surface area contributed by atoms with E-state index in [1.165, 1.54) is 0 Å². The Hall–Kier alpha value is -2.76. The molecular formula is C19H28N4O2. The molecule has 0 aromatic carbocycles. The lowest BCUT2D eigenvalue weighted by molar-refractivity contribution is 0.466. The second-order valence-electron chi connectivity index (χ2n) is 4.43. The summed E-state index contributed by atoms with van der Waals surface area (Å²) in [6.07, 6.45) is 6.30. The zero-order valence-electron chi connectivity index (χ0n) is 15.9. The van der Waals surface area contributed by atoms with Crippen LogP contribution in [-0.2, 0) is 0 Å². The predicted octanol–water partition coefficient (Wildman–Crippen LogP) is 4.05. The summed E-state index contributed by atoms with van der Waals surface area (Å²) in [5.41, 5.74) is 2.31. The van der Waals surface area contributed by atoms with E-state index in [0.717, 1.165) is 0 Å². The van der Waals surface area contributed by atoms with Gasteiger partial charge in [-0.2, -0.15) is 0 Å². The van der Waals surface area contributed by atoms with Crippen LogP contribution in [0.5, 0.6) is 11.5 Å². The number of aromatic nitrogens is 2. The molecule has 2 aromatic heterocycles. The number of hydrogen-bond donors (Lipinski definition) is 2. The maximum Gasteiger partial charge on any atom is 0.145 e. The lowest BCUT2D eigenvalue weighted by Crippen LogP contribution is -1.90. The monoisotopic (exact) mass is 344 g/mol. The van der Waals surface area contributed by atoms with Crippen molar-refractivity contribution in [2.45, 2.75) is 41.5 Å². The fraction of sp³-hybridized carbons (Fsp3) is 0.368. The molecule has 25 heavy (non-hydrogen) atoms. The second kappa shape index (κ2) is 12.6. The Morgan fingerprint density at radius 1 is 0.800 bits per heavy atom. The smallest absolute Gasteiger partial charge is 0.145 e. The van der Waals surface area contributed by atoms with E-state index < -0.39 is 0 Å². The van der Waals surface area contributed by atoms with Crippen LogP contribution in [0.4, 0.5) is 0 Å². The number of aliphatic imine (C=N–C) groups is 2. The van der Waals surface area contributed by atoms with Gasteiger partial charge in [0.1, 0.15) is 18.2 Å². The first-order valence-corrected chi connectivity index (χ1v) is 8.38. The van der Waals surface area contributed by atoms with Gasteiger partial charge in [-0.1, -0.05) is 27.7 Å². The molecule has 0 saturated carbocycles. The molecule has 0 aliphatic carbocycles. The van der Waals surface area contributed by atoms with E-state index in [1.807, 2.05) is 27.7 Å². The van der Waals surface area contributed by atoms with Crippen LogP contribution in [-0.4, -0.2) is 39.3 Å². The molecule has 0 aliphatic heterocycles. The summed E-state index contributed by atoms with van der Waals surface area (Å²) in [4.78, 5) is 16.1. The van der Waals surface area contributed by atoms with Crippen molar-refractivity contribution >= 4 is 12.4 Å². The second-order valence-corrected chi connectivity index (χ2v) is 4.43. The van der Waals surface area contributed by atoms with Crippen LogP contribution in [0, 0.1) is 13.8 Å². The first-order chi connectivity index (χ1) is 12.1. The van der Waals surface area contributed by atoms with E-state index in [2.05, 4.69) is 20.0 Å². The van der Waals surface area contributed by atoms with Crippen LogP contribution in [0.1, 0.15) is 50.2 Å². The molecule has 0 fully saturated rings. The molecule has 0 aliphatic rings. The third-order valence-corrected chi connectivity index (χ3v) is 2.90. The van der Waals surface area contributed by atoms with Crippen molar-refractivity contribution in [3.05, 3.63) is 47.0 Å². The highest BCUT2D eigenvalue weighted by molar-refractivity contribution is 5.84. The summed E-state index contributed by atoms with van der Waals surface area (Å²) < 4.78 is 0. The molecule has 0 spiro atoms. The van der Waals surface area contributed by atoms with Gasteiger partial charge < -0.3 is 10.2 Å². The molecule has 0 saturated heterocycles. The first-order valence-electron chi connectivity index (χ1n) is 8.38. The minimum atomic E-state index is 0.118. The molecule has 136 valence electrons. The van der Waals surface area contributed by atoms with Crippen molar-refractivity contribution < 1.29 is 10.2 Å². The maximum absolute atomic E-state index is 9.77. The summed E-state index contributed by atoms with van der Waals surface area (Å²) in [5.74, 6) is 0.236. The largest absolute Gasteiger partial charge is 0.505 e. The number of aryl methyl sites for hydroxylation is 2. The first kappa shape index (κ1) is 22.2. The normalized spacial score (nSPS) is 10.2. The van der Waals surface area contributed by atoms with Crippen LogP contribution in [0.2, 0.25) is 0 Å². The number of rotatable bonds is 4. The van der Waals surface area contributed by atoms with Gasteiger partial charge >= 0.3 is 0 Å². The molecule has 0 unspecified atom stereocenters. The van der Waals surface area contributed by atoms with Crippen molar-refractivity contribution in [2.24, 2.45) is 9.98 Å². The van der Waals surface area contributed by atoms with Gasteiger partial charge in [0.15, 0.2) is 0 Å². The van der Waals surface area contributed by atoms with Crippen molar-refractivity contribution in [1.29, 1.82) is 0 Å². The Bertz CT molecular complexity index is 638. The van der Waals surface area contributed by atoms with E-state index in [0.29, 0.717) is 22.5 Å². The zero-order valence-corrected chi connectivity index (χ0v) is 15.9. The highest BCUT2D eigenvalue weighted by Gasteiger charge is 2.02. The molecular weight excluding hydrogens is 316 g/mol. The van der Waals surface area contributed by atoms with Crippen LogP contribution < -0.4 is 0 Å². The van der Waals surface area contributed by atoms with E-state index in [9.17, 15) is 10.2 Å². The average molecular weight is 344 g/mol. The lowest BCUT2D eigenvalue weighted by atomic mass is 10.2. The summed E-state index contributed by atoms with van der Waals surface area (Å²) in [5, 5.41) is 19.5. The summed E-state index contributed by atoms with van der Waals surface area (Å²) >= 11 is 0. The number of aromatic hydroxyl groups is 2. The minimum Gasteiger partial charge on any atom is -0.505 e. The van der Waals surface area contributed by atoms with E-state index in [-0.39, 0.29) is 18.2 Å². The standard InChI is InChI=1S/C15H16N4O2.2C2H6/c1-10-14(20)12(3-5-18-10)7-16-9-17-8-13-4-6-19-11(2)15(13)21;2*1-2/h3-8,20-21H,9H2,1-2H3;2*1-2H3. The lowest BCUT2D eigenvalue weighted by Gasteiger charge is -2.01. The van der Waals surface area contributed by atoms with Gasteiger partial charge in [-0.25, -0.2) is 0 Å². The predicted molar refractivity (Wildman–Crippen MR) is 104 cm³/mol. The van der Waals surface area contributed by atoms with Gasteiger partial charge in [-0.05, 0) is 26.0 Å². The molecule has 2 N–H and O–H groups in total. The van der Waals surface area contributed by atoms with Crippen molar-refractivity contribution in [3.8, 4) is 11.5 Å². The minimum absolute atomic E-state index is 0.118. The van der Waals surface area contributed by atoms with Crippen molar-refractivity contribution in [3.63, 3.8) is 0 Å². The average Bonchev–Trinajstić information content (AvgIpc) is 2.65. The van der Waals surface area contributed by atoms with Gasteiger partial charge in [0.05, 0.1) is 11.4 Å². The van der Waals surface area contributed by atoms with Crippen LogP contribution in [0.25, 0.3) is 0 Å². The third kappa shape index (κ3) is 7.12. The van der Waals surface area contributed by atoms with E-state index >= 15 is 0 Å². The van der Waals surface area contributed by atoms with Crippen molar-refractivity contribution in [2.75, 3.05) is 6.67 Å². The molecule has 0 bridgehead atoms. The SMILES string of the molecule is CC.CC.Cc1nccc(C=NCN=Cc2ccnc(C)c2O)c1O. The molecule has 2 rings (SSSR count). The number of hydrogen-bond acceptors (Lipinski definition) is 6. The van der Waals surface area contributed by atoms with E-state index in [1.54, 1.807) is 50.8 Å². The Kier molecular flexibility index (Phi) is 11.2. The molecule has 2 heterocycles. The van der Waals surface area contributed by atoms with Gasteiger partial charge in [-0.15, -0.1) is 0 Å². The fourth-order valence-corrected chi connectivity index (χ4v) is 1.69. The highest BCUT2D eigenvalue weighted by Crippen LogP contribution is 2.18. The summed E-state index contributed by atoms with van der Waals surface area (Å²) in [7, 11) is 0. The maximum atomic E-state index is 9.77. The topological polar surface area (TPSA) is 91.0 Å². The Morgan fingerprint density at radius 3 is 1.52 bits per heavy atom. The van der Waals surface area contributed by atoms with E-state index in [4.69, 9.17) is 0 Å². The number of nitrogens with zero attached hydrogens (tertiary/aromatic N) is 4. The quantitative estimate of drug-likeness (QED) is 0.819. The van der Waals surface area contributed by atoms with Gasteiger partial charge in [-0.3, -0.25) is 20.0 Å². The molecule has 6 heteroatoms. The van der Waals surface area contributed by atoms with Crippen molar-refractivity contribution in [1.82, 2.24) is 9.97 Å². The Labute approximate surface area is 150 Å². The third-order valence-electron chi connectivity index (χ3n) is 2.90. The molecule has 6 nitrogen and oxygen atoms in total. The van der Waals surface area contributed by atoms with Crippen LogP contribution in [0.15, 0.2) is 34.5 Å². The Balaban J connectivity index is 0.00000134. The molecule has 0 radical (unpaired) electrons. The number of pyridine rings is 2. The van der Waals surface area contributed by atoms with Gasteiger partial charge in [0.2, 0.25) is 0 Å². The Morgan fingerprint density at radius 2 is 1.16 bits per heavy atom. The summed E-state index contributed by atoms with van der Waals surface area (Å²) in [6.45, 7) is 11.6. The highest BCUT2D eigenvalue weighted by atomic mass is 16.3. The van der Waals surface area contributed by atoms with Crippen LogP contribution in [0.3, 0.4) is 0 Å².